The number of rotatable bonds is 9. The Balaban J connectivity index is 1.62. The van der Waals surface area contributed by atoms with Gasteiger partial charge in [0.05, 0.1) is 24.5 Å². The van der Waals surface area contributed by atoms with E-state index in [0.717, 1.165) is 0 Å². The largest absolute Gasteiger partial charge is 0.462 e. The third kappa shape index (κ3) is 7.06. The minimum absolute atomic E-state index is 0.127. The highest BCUT2D eigenvalue weighted by Gasteiger charge is 2.43. The first kappa shape index (κ1) is 26.7. The number of nitrogens with one attached hydrogen (secondary N) is 1. The lowest BCUT2D eigenvalue weighted by molar-refractivity contribution is -0.136. The molecule has 35 heavy (non-hydrogen) atoms. The van der Waals surface area contributed by atoms with Crippen LogP contribution in [0.1, 0.15) is 29.3 Å². The van der Waals surface area contributed by atoms with Gasteiger partial charge in [-0.25, -0.2) is 13.2 Å². The number of nitrogens with zero attached hydrogens (tertiary/aromatic N) is 2. The lowest BCUT2D eigenvalue weighted by Crippen LogP contribution is -2.48. The lowest BCUT2D eigenvalue weighted by atomic mass is 10.2. The van der Waals surface area contributed by atoms with Gasteiger partial charge in [-0.05, 0) is 43.2 Å². The molecule has 0 spiro atoms. The molecule has 0 aromatic heterocycles. The molecule has 0 unspecified atom stereocenters. The zero-order valence-corrected chi connectivity index (χ0v) is 21.3. The number of hydrogen-bond donors (Lipinski definition) is 2. The number of ether oxygens (including phenoxy) is 1. The number of likely N-dealkylation sites (N-methyl/N-ethyl adjacent to an activating group) is 1. The quantitative estimate of drug-likeness (QED) is 0.388. The Morgan fingerprint density at radius 2 is 1.77 bits per heavy atom. The average molecular weight is 520 g/mol. The van der Waals surface area contributed by atoms with Crippen LogP contribution in [-0.2, 0) is 30.1 Å². The molecule has 1 fully saturated rings. The summed E-state index contributed by atoms with van der Waals surface area (Å²) in [6.07, 6.45) is 0.261. The van der Waals surface area contributed by atoms with Crippen LogP contribution in [0.3, 0.4) is 0 Å². The van der Waals surface area contributed by atoms with Gasteiger partial charge >= 0.3 is 5.97 Å². The van der Waals surface area contributed by atoms with Crippen molar-refractivity contribution in [1.29, 1.82) is 0 Å². The van der Waals surface area contributed by atoms with E-state index in [1.807, 2.05) is 0 Å². The van der Waals surface area contributed by atoms with Crippen molar-refractivity contribution in [3.8, 4) is 0 Å². The van der Waals surface area contributed by atoms with E-state index in [9.17, 15) is 22.8 Å². The van der Waals surface area contributed by atoms with E-state index >= 15 is 0 Å². The molecule has 0 aliphatic carbocycles. The second-order valence-corrected chi connectivity index (χ2v) is 10.9. The maximum Gasteiger partial charge on any atom is 0.338 e. The summed E-state index contributed by atoms with van der Waals surface area (Å²) in [6.45, 7) is 1.84. The Bertz CT molecular complexity index is 1160. The monoisotopic (exact) mass is 519 g/mol. The molecule has 1 N–H and O–H groups in total. The van der Waals surface area contributed by atoms with Crippen molar-refractivity contribution in [2.24, 2.45) is 0 Å². The van der Waals surface area contributed by atoms with Crippen molar-refractivity contribution in [3.63, 3.8) is 0 Å². The van der Waals surface area contributed by atoms with E-state index in [1.54, 1.807) is 49.4 Å². The van der Waals surface area contributed by atoms with Gasteiger partial charge in [0.1, 0.15) is 6.04 Å². The Labute approximate surface area is 210 Å². The molecule has 2 aromatic carbocycles. The van der Waals surface area contributed by atoms with E-state index < -0.39 is 33.8 Å². The molecule has 1 aliphatic rings. The Morgan fingerprint density at radius 3 is 2.40 bits per heavy atom. The smallest absolute Gasteiger partial charge is 0.338 e. The summed E-state index contributed by atoms with van der Waals surface area (Å²) >= 11 is 4.41. The second-order valence-electron chi connectivity index (χ2n) is 8.26. The highest BCUT2D eigenvalue weighted by Crippen LogP contribution is 2.28. The van der Waals surface area contributed by atoms with Gasteiger partial charge in [0.25, 0.3) is 0 Å². The number of carbonyl (C=O) groups is 3. The molecule has 2 amide bonds. The molecule has 3 rings (SSSR count). The van der Waals surface area contributed by atoms with Crippen LogP contribution in [0.25, 0.3) is 0 Å². The number of benzene rings is 2. The van der Waals surface area contributed by atoms with E-state index in [2.05, 4.69) is 17.9 Å². The summed E-state index contributed by atoms with van der Waals surface area (Å²) in [5.41, 5.74) is 1.44. The molecule has 2 atom stereocenters. The lowest BCUT2D eigenvalue weighted by Gasteiger charge is -2.27. The summed E-state index contributed by atoms with van der Waals surface area (Å²) in [6, 6.07) is 14.0. The van der Waals surface area contributed by atoms with Crippen LogP contribution in [0.5, 0.6) is 0 Å². The number of amides is 2. The SMILES string of the molecule is CCOC(=O)c1ccc(NC(=O)CN(C)C(=O)[C@@H]2C[C@H](S)CN2S(=O)(=O)Cc2ccccc2)cc1. The van der Waals surface area contributed by atoms with Crippen molar-refractivity contribution < 1.29 is 27.5 Å². The third-order valence-electron chi connectivity index (χ3n) is 5.50. The van der Waals surface area contributed by atoms with E-state index in [0.29, 0.717) is 16.8 Å². The maximum atomic E-state index is 13.1. The molecule has 11 heteroatoms. The van der Waals surface area contributed by atoms with E-state index in [4.69, 9.17) is 4.74 Å². The molecule has 1 aliphatic heterocycles. The van der Waals surface area contributed by atoms with E-state index in [1.165, 1.54) is 28.4 Å². The second kappa shape index (κ2) is 11.7. The first-order chi connectivity index (χ1) is 16.6. The van der Waals surface area contributed by atoms with Crippen LogP contribution < -0.4 is 5.32 Å². The molecule has 2 aromatic rings. The number of anilines is 1. The van der Waals surface area contributed by atoms with Gasteiger partial charge in [0, 0.05) is 24.5 Å². The first-order valence-corrected chi connectivity index (χ1v) is 13.3. The van der Waals surface area contributed by atoms with Crippen LogP contribution in [0, 0.1) is 0 Å². The van der Waals surface area contributed by atoms with Gasteiger partial charge in [-0.15, -0.1) is 0 Å². The number of carbonyl (C=O) groups excluding carboxylic acids is 3. The van der Waals surface area contributed by atoms with Crippen molar-refractivity contribution in [2.45, 2.75) is 30.4 Å². The Morgan fingerprint density at radius 1 is 1.11 bits per heavy atom. The molecular weight excluding hydrogens is 490 g/mol. The van der Waals surface area contributed by atoms with Crippen LogP contribution >= 0.6 is 12.6 Å². The van der Waals surface area contributed by atoms with Gasteiger partial charge in [-0.2, -0.15) is 16.9 Å². The summed E-state index contributed by atoms with van der Waals surface area (Å²) in [5, 5.41) is 2.38. The van der Waals surface area contributed by atoms with Crippen molar-refractivity contribution in [3.05, 3.63) is 65.7 Å². The molecule has 0 radical (unpaired) electrons. The van der Waals surface area contributed by atoms with E-state index in [-0.39, 0.29) is 37.1 Å². The summed E-state index contributed by atoms with van der Waals surface area (Å²) in [4.78, 5) is 38.6. The van der Waals surface area contributed by atoms with Crippen molar-refractivity contribution in [1.82, 2.24) is 9.21 Å². The van der Waals surface area contributed by atoms with Crippen molar-refractivity contribution >= 4 is 46.1 Å². The van der Waals surface area contributed by atoms with Gasteiger partial charge in [-0.3, -0.25) is 9.59 Å². The predicted molar refractivity (Wildman–Crippen MR) is 136 cm³/mol. The first-order valence-electron chi connectivity index (χ1n) is 11.1. The fraction of sp³-hybridized carbons (Fsp3) is 0.375. The summed E-state index contributed by atoms with van der Waals surface area (Å²) in [5.74, 6) is -1.60. The zero-order valence-electron chi connectivity index (χ0n) is 19.6. The fourth-order valence-electron chi connectivity index (χ4n) is 3.84. The number of thiol groups is 1. The Hall–Kier alpha value is -2.89. The molecule has 9 nitrogen and oxygen atoms in total. The minimum Gasteiger partial charge on any atom is -0.462 e. The highest BCUT2D eigenvalue weighted by atomic mass is 32.2. The molecular formula is C24H29N3O6S2. The highest BCUT2D eigenvalue weighted by molar-refractivity contribution is 7.88. The normalized spacial score (nSPS) is 18.1. The summed E-state index contributed by atoms with van der Waals surface area (Å²) < 4.78 is 32.3. The van der Waals surface area contributed by atoms with Crippen LogP contribution in [-0.4, -0.2) is 73.4 Å². The van der Waals surface area contributed by atoms with Crippen molar-refractivity contribution in [2.75, 3.05) is 32.1 Å². The minimum atomic E-state index is -3.77. The number of esters is 1. The maximum absolute atomic E-state index is 13.1. The van der Waals surface area contributed by atoms with Crippen LogP contribution in [0.2, 0.25) is 0 Å². The third-order valence-corrected chi connectivity index (χ3v) is 7.70. The molecule has 1 heterocycles. The number of sulfonamides is 1. The Kier molecular flexibility index (Phi) is 8.92. The number of hydrogen-bond acceptors (Lipinski definition) is 7. The van der Waals surface area contributed by atoms with Gasteiger partial charge in [0.2, 0.25) is 21.8 Å². The van der Waals surface area contributed by atoms with Crippen LogP contribution in [0.15, 0.2) is 54.6 Å². The fourth-order valence-corrected chi connectivity index (χ4v) is 6.07. The average Bonchev–Trinajstić information content (AvgIpc) is 3.22. The molecule has 0 saturated carbocycles. The predicted octanol–water partition coefficient (Wildman–Crippen LogP) is 2.16. The molecule has 0 bridgehead atoms. The summed E-state index contributed by atoms with van der Waals surface area (Å²) in [7, 11) is -2.31. The zero-order chi connectivity index (χ0) is 25.6. The van der Waals surface area contributed by atoms with Gasteiger partial charge < -0.3 is 15.0 Å². The van der Waals surface area contributed by atoms with Crippen LogP contribution in [0.4, 0.5) is 5.69 Å². The standard InChI is InChI=1S/C24H29N3O6S2/c1-3-33-24(30)18-9-11-19(12-10-18)25-22(28)15-26(2)23(29)21-13-20(34)14-27(21)35(31,32)16-17-7-5-4-6-8-17/h4-12,20-21,34H,3,13-16H2,1-2H3,(H,25,28)/t20-,21-/m0/s1. The van der Waals surface area contributed by atoms with Gasteiger partial charge in [0.15, 0.2) is 0 Å². The van der Waals surface area contributed by atoms with Gasteiger partial charge in [-0.1, -0.05) is 30.3 Å². The molecule has 1 saturated heterocycles. The topological polar surface area (TPSA) is 113 Å². The molecule has 188 valence electrons.